The van der Waals surface area contributed by atoms with Crippen LogP contribution in [0.1, 0.15) is 36.5 Å². The van der Waals surface area contributed by atoms with E-state index in [-0.39, 0.29) is 35.9 Å². The first-order valence-electron chi connectivity index (χ1n) is 9.94. The highest BCUT2D eigenvalue weighted by Crippen LogP contribution is 2.40. The van der Waals surface area contributed by atoms with Crippen molar-refractivity contribution in [2.75, 3.05) is 18.5 Å². The van der Waals surface area contributed by atoms with E-state index >= 15 is 0 Å². The van der Waals surface area contributed by atoms with E-state index in [1.54, 1.807) is 26.0 Å². The quantitative estimate of drug-likeness (QED) is 0.717. The Morgan fingerprint density at radius 1 is 0.968 bits per heavy atom. The van der Waals surface area contributed by atoms with E-state index in [0.29, 0.717) is 5.56 Å². The fourth-order valence-electron chi connectivity index (χ4n) is 3.64. The van der Waals surface area contributed by atoms with Crippen LogP contribution in [-0.4, -0.2) is 34.3 Å². The second-order valence-electron chi connectivity index (χ2n) is 7.17. The van der Waals surface area contributed by atoms with Gasteiger partial charge in [-0.05, 0) is 26.3 Å². The van der Waals surface area contributed by atoms with Gasteiger partial charge in [-0.15, -0.1) is 0 Å². The number of fused-ring (bicyclic) bond motifs is 1. The van der Waals surface area contributed by atoms with Gasteiger partial charge in [-0.1, -0.05) is 29.8 Å². The van der Waals surface area contributed by atoms with E-state index in [0.717, 1.165) is 10.1 Å². The first-order valence-corrected chi connectivity index (χ1v) is 9.94. The largest absolute Gasteiger partial charge is 0.463 e. The summed E-state index contributed by atoms with van der Waals surface area (Å²) in [6.07, 6.45) is 0. The molecule has 1 aromatic carbocycles. The Morgan fingerprint density at radius 2 is 1.55 bits per heavy atom. The lowest BCUT2D eigenvalue weighted by atomic mass is 9.81. The number of carbonyl (C=O) groups excluding carboxylic acids is 2. The van der Waals surface area contributed by atoms with Crippen LogP contribution >= 0.6 is 0 Å². The van der Waals surface area contributed by atoms with Crippen molar-refractivity contribution in [1.82, 2.24) is 9.13 Å². The van der Waals surface area contributed by atoms with Gasteiger partial charge in [0.2, 0.25) is 0 Å². The maximum atomic E-state index is 13.2. The Bertz CT molecular complexity index is 1190. The third-order valence-corrected chi connectivity index (χ3v) is 5.18. The summed E-state index contributed by atoms with van der Waals surface area (Å²) in [6.45, 7) is 5.36. The van der Waals surface area contributed by atoms with Crippen LogP contribution < -0.4 is 16.6 Å². The molecule has 0 spiro atoms. The molecular formula is C22H25N3O6. The number of benzene rings is 1. The lowest BCUT2D eigenvalue weighted by Gasteiger charge is -2.31. The van der Waals surface area contributed by atoms with Crippen molar-refractivity contribution in [3.63, 3.8) is 0 Å². The zero-order valence-corrected chi connectivity index (χ0v) is 18.1. The molecule has 31 heavy (non-hydrogen) atoms. The number of carbonyl (C=O) groups is 2. The number of aryl methyl sites for hydroxylation is 1. The summed E-state index contributed by atoms with van der Waals surface area (Å²) in [6, 6.07) is 7.25. The number of esters is 2. The number of hydrogen-bond donors (Lipinski definition) is 1. The van der Waals surface area contributed by atoms with Gasteiger partial charge in [0.25, 0.3) is 5.56 Å². The van der Waals surface area contributed by atoms with Crippen molar-refractivity contribution >= 4 is 17.8 Å². The molecule has 9 heteroatoms. The lowest BCUT2D eigenvalue weighted by molar-refractivity contribution is -0.142. The first-order chi connectivity index (χ1) is 14.7. The fraction of sp³-hybridized carbons (Fsp3) is 0.364. The number of rotatable bonds is 5. The predicted octanol–water partition coefficient (Wildman–Crippen LogP) is 1.33. The molecule has 2 heterocycles. The minimum absolute atomic E-state index is 0.0348. The van der Waals surface area contributed by atoms with E-state index in [1.165, 1.54) is 18.7 Å². The topological polar surface area (TPSA) is 109 Å². The third kappa shape index (κ3) is 3.78. The van der Waals surface area contributed by atoms with Crippen LogP contribution in [0.25, 0.3) is 0 Å². The SMILES string of the molecule is CCOC(=O)C1=C(C(=O)OCC)C(c2ccc(C)cc2)c2c(n(C)c(=O)n(C)c2=O)N1. The van der Waals surface area contributed by atoms with Crippen molar-refractivity contribution in [2.45, 2.75) is 26.7 Å². The highest BCUT2D eigenvalue weighted by Gasteiger charge is 2.40. The molecule has 0 saturated carbocycles. The van der Waals surface area contributed by atoms with Crippen LogP contribution in [0.5, 0.6) is 0 Å². The molecular weight excluding hydrogens is 402 g/mol. The van der Waals surface area contributed by atoms with Gasteiger partial charge in [0, 0.05) is 14.1 Å². The molecule has 164 valence electrons. The molecule has 1 N–H and O–H groups in total. The maximum Gasteiger partial charge on any atom is 0.355 e. The Labute approximate surface area is 178 Å². The summed E-state index contributed by atoms with van der Waals surface area (Å²) in [5.41, 5.74) is 0.439. The average Bonchev–Trinajstić information content (AvgIpc) is 2.75. The van der Waals surface area contributed by atoms with Crippen molar-refractivity contribution in [2.24, 2.45) is 14.1 Å². The first kappa shape index (κ1) is 22.1. The molecule has 0 aliphatic carbocycles. The standard InChI is InChI=1S/C22H25N3O6/c1-6-30-20(27)15-14(13-10-8-12(3)9-11-13)16-18(23-17(15)21(28)31-7-2)24(4)22(29)25(5)19(16)26/h8-11,14,23H,6-7H2,1-5H3. The Hall–Kier alpha value is -3.62. The second-order valence-corrected chi connectivity index (χ2v) is 7.17. The van der Waals surface area contributed by atoms with Crippen LogP contribution in [0.15, 0.2) is 45.1 Å². The number of hydrogen-bond acceptors (Lipinski definition) is 7. The maximum absolute atomic E-state index is 13.2. The van der Waals surface area contributed by atoms with Gasteiger partial charge in [0.1, 0.15) is 11.5 Å². The Kier molecular flexibility index (Phi) is 6.14. The zero-order chi connectivity index (χ0) is 22.9. The van der Waals surface area contributed by atoms with Crippen LogP contribution in [0.2, 0.25) is 0 Å². The number of anilines is 1. The van der Waals surface area contributed by atoms with Crippen molar-refractivity contribution in [3.8, 4) is 0 Å². The van der Waals surface area contributed by atoms with Gasteiger partial charge in [0.05, 0.1) is 30.3 Å². The summed E-state index contributed by atoms with van der Waals surface area (Å²) >= 11 is 0. The normalized spacial score (nSPS) is 15.2. The summed E-state index contributed by atoms with van der Waals surface area (Å²) in [4.78, 5) is 51.5. The van der Waals surface area contributed by atoms with Crippen LogP contribution in [0, 0.1) is 6.92 Å². The van der Waals surface area contributed by atoms with Crippen molar-refractivity contribution in [3.05, 3.63) is 73.1 Å². The monoisotopic (exact) mass is 427 g/mol. The summed E-state index contributed by atoms with van der Waals surface area (Å²) in [5.74, 6) is -2.32. The number of ether oxygens (including phenoxy) is 2. The third-order valence-electron chi connectivity index (χ3n) is 5.18. The van der Waals surface area contributed by atoms with Gasteiger partial charge >= 0.3 is 17.6 Å². The van der Waals surface area contributed by atoms with Gasteiger partial charge < -0.3 is 14.8 Å². The molecule has 2 aromatic rings. The number of nitrogens with zero attached hydrogens (tertiary/aromatic N) is 2. The smallest absolute Gasteiger partial charge is 0.355 e. The van der Waals surface area contributed by atoms with E-state index in [1.807, 2.05) is 19.1 Å². The molecule has 1 aliphatic rings. The highest BCUT2D eigenvalue weighted by atomic mass is 16.5. The van der Waals surface area contributed by atoms with Crippen molar-refractivity contribution in [1.29, 1.82) is 0 Å². The lowest BCUT2D eigenvalue weighted by Crippen LogP contribution is -2.44. The molecule has 1 aliphatic heterocycles. The minimum atomic E-state index is -0.930. The minimum Gasteiger partial charge on any atom is -0.463 e. The molecule has 0 radical (unpaired) electrons. The molecule has 0 fully saturated rings. The molecule has 0 saturated heterocycles. The van der Waals surface area contributed by atoms with Crippen LogP contribution in [0.4, 0.5) is 5.82 Å². The van der Waals surface area contributed by atoms with Gasteiger partial charge in [-0.25, -0.2) is 14.4 Å². The molecule has 0 bridgehead atoms. The molecule has 1 aromatic heterocycles. The highest BCUT2D eigenvalue weighted by molar-refractivity contribution is 6.05. The van der Waals surface area contributed by atoms with Gasteiger partial charge in [-0.3, -0.25) is 13.9 Å². The molecule has 0 amide bonds. The molecule has 9 nitrogen and oxygen atoms in total. The van der Waals surface area contributed by atoms with E-state index in [4.69, 9.17) is 9.47 Å². The van der Waals surface area contributed by atoms with E-state index in [9.17, 15) is 19.2 Å². The summed E-state index contributed by atoms with van der Waals surface area (Å²) < 4.78 is 12.6. The van der Waals surface area contributed by atoms with Gasteiger partial charge in [-0.2, -0.15) is 0 Å². The Morgan fingerprint density at radius 3 is 2.13 bits per heavy atom. The molecule has 1 unspecified atom stereocenters. The van der Waals surface area contributed by atoms with E-state index < -0.39 is 29.1 Å². The van der Waals surface area contributed by atoms with E-state index in [2.05, 4.69) is 5.32 Å². The predicted molar refractivity (Wildman–Crippen MR) is 114 cm³/mol. The average molecular weight is 427 g/mol. The van der Waals surface area contributed by atoms with Crippen LogP contribution in [0.3, 0.4) is 0 Å². The number of nitrogens with one attached hydrogen (secondary N) is 1. The summed E-state index contributed by atoms with van der Waals surface area (Å²) in [5, 5.41) is 2.81. The summed E-state index contributed by atoms with van der Waals surface area (Å²) in [7, 11) is 2.85. The Balaban J connectivity index is 2.43. The molecule has 1 atom stereocenters. The van der Waals surface area contributed by atoms with Crippen LogP contribution in [-0.2, 0) is 33.2 Å². The fourth-order valence-corrected chi connectivity index (χ4v) is 3.64. The van der Waals surface area contributed by atoms with Crippen molar-refractivity contribution < 1.29 is 19.1 Å². The molecule has 3 rings (SSSR count). The number of aromatic nitrogens is 2. The zero-order valence-electron chi connectivity index (χ0n) is 18.1. The van der Waals surface area contributed by atoms with Gasteiger partial charge in [0.15, 0.2) is 0 Å². The second kappa shape index (κ2) is 8.63.